The highest BCUT2D eigenvalue weighted by atomic mass is 19.1. The van der Waals surface area contributed by atoms with Gasteiger partial charge in [-0.1, -0.05) is 0 Å². The predicted octanol–water partition coefficient (Wildman–Crippen LogP) is 2.28. The fourth-order valence-corrected chi connectivity index (χ4v) is 3.00. The first-order valence-corrected chi connectivity index (χ1v) is 8.22. The van der Waals surface area contributed by atoms with Crippen LogP contribution in [-0.4, -0.2) is 41.3 Å². The molecule has 2 aliphatic rings. The van der Waals surface area contributed by atoms with Crippen LogP contribution in [0.5, 0.6) is 0 Å². The molecule has 2 aromatic rings. The maximum Gasteiger partial charge on any atom is 0.230 e. The molecule has 1 aliphatic carbocycles. The molecule has 0 spiro atoms. The Hall–Kier alpha value is -2.46. The monoisotopic (exact) mass is 327 g/mol. The average molecular weight is 327 g/mol. The molecule has 1 aromatic heterocycles. The van der Waals surface area contributed by atoms with Gasteiger partial charge in [-0.05, 0) is 31.0 Å². The number of piperazine rings is 1. The van der Waals surface area contributed by atoms with Crippen LogP contribution in [0.25, 0.3) is 0 Å². The lowest BCUT2D eigenvalue weighted by molar-refractivity contribution is 0.223. The molecule has 6 nitrogen and oxygen atoms in total. The molecule has 0 N–H and O–H groups in total. The topological polar surface area (TPSA) is 69.2 Å². The molecule has 0 radical (unpaired) electrons. The van der Waals surface area contributed by atoms with Gasteiger partial charge < -0.3 is 9.32 Å². The van der Waals surface area contributed by atoms with Crippen LogP contribution in [0, 0.1) is 17.1 Å². The molecule has 0 bridgehead atoms. The van der Waals surface area contributed by atoms with Crippen molar-refractivity contribution >= 4 is 5.69 Å². The Balaban J connectivity index is 1.35. The van der Waals surface area contributed by atoms with Crippen LogP contribution in [0.2, 0.25) is 0 Å². The van der Waals surface area contributed by atoms with Crippen LogP contribution in [-0.2, 0) is 6.54 Å². The van der Waals surface area contributed by atoms with Gasteiger partial charge in [0.15, 0.2) is 0 Å². The van der Waals surface area contributed by atoms with Gasteiger partial charge in [-0.25, -0.2) is 4.39 Å². The molecule has 0 unspecified atom stereocenters. The minimum absolute atomic E-state index is 0.339. The van der Waals surface area contributed by atoms with Gasteiger partial charge in [0.1, 0.15) is 5.82 Å². The van der Waals surface area contributed by atoms with E-state index in [1.54, 1.807) is 12.1 Å². The van der Waals surface area contributed by atoms with Gasteiger partial charge in [0.05, 0.1) is 23.9 Å². The zero-order valence-electron chi connectivity index (χ0n) is 13.3. The van der Waals surface area contributed by atoms with Crippen LogP contribution in [0.3, 0.4) is 0 Å². The minimum atomic E-state index is -0.339. The lowest BCUT2D eigenvalue weighted by atomic mass is 10.2. The first-order chi connectivity index (χ1) is 11.7. The van der Waals surface area contributed by atoms with E-state index >= 15 is 0 Å². The summed E-state index contributed by atoms with van der Waals surface area (Å²) in [4.78, 5) is 4.25. The Kier molecular flexibility index (Phi) is 3.90. The number of halogens is 1. The number of nitriles is 1. The van der Waals surface area contributed by atoms with Crippen molar-refractivity contribution in [3.8, 4) is 6.07 Å². The fraction of sp³-hybridized carbons (Fsp3) is 0.471. The van der Waals surface area contributed by atoms with E-state index < -0.39 is 0 Å². The van der Waals surface area contributed by atoms with Gasteiger partial charge in [0.2, 0.25) is 11.8 Å². The van der Waals surface area contributed by atoms with E-state index in [1.807, 2.05) is 11.0 Å². The Morgan fingerprint density at radius 1 is 1.21 bits per heavy atom. The molecule has 24 heavy (non-hydrogen) atoms. The van der Waals surface area contributed by atoms with Crippen LogP contribution in [0.1, 0.15) is 36.1 Å². The van der Waals surface area contributed by atoms with E-state index in [0.717, 1.165) is 44.9 Å². The van der Waals surface area contributed by atoms with Crippen molar-refractivity contribution in [1.29, 1.82) is 5.26 Å². The Morgan fingerprint density at radius 3 is 2.67 bits per heavy atom. The van der Waals surface area contributed by atoms with E-state index in [0.29, 0.717) is 29.6 Å². The van der Waals surface area contributed by atoms with Crippen LogP contribution in [0.15, 0.2) is 22.6 Å². The van der Waals surface area contributed by atoms with E-state index in [9.17, 15) is 4.39 Å². The summed E-state index contributed by atoms with van der Waals surface area (Å²) >= 11 is 0. The number of rotatable bonds is 4. The molecule has 4 rings (SSSR count). The zero-order chi connectivity index (χ0) is 16.5. The van der Waals surface area contributed by atoms with Crippen molar-refractivity contribution in [1.82, 2.24) is 15.1 Å². The Labute approximate surface area is 139 Å². The molecule has 7 heteroatoms. The summed E-state index contributed by atoms with van der Waals surface area (Å²) in [5.41, 5.74) is 0.903. The van der Waals surface area contributed by atoms with Gasteiger partial charge >= 0.3 is 0 Å². The number of hydrogen-bond acceptors (Lipinski definition) is 6. The third-order valence-electron chi connectivity index (χ3n) is 4.56. The van der Waals surface area contributed by atoms with E-state index in [4.69, 9.17) is 9.68 Å². The summed E-state index contributed by atoms with van der Waals surface area (Å²) in [7, 11) is 0. The highest BCUT2D eigenvalue weighted by molar-refractivity contribution is 5.51. The largest absolute Gasteiger partial charge is 0.424 e. The van der Waals surface area contributed by atoms with Crippen LogP contribution < -0.4 is 4.90 Å². The van der Waals surface area contributed by atoms with E-state index in [2.05, 4.69) is 15.1 Å². The van der Waals surface area contributed by atoms with Crippen molar-refractivity contribution in [2.24, 2.45) is 0 Å². The Morgan fingerprint density at radius 2 is 2.00 bits per heavy atom. The van der Waals surface area contributed by atoms with Gasteiger partial charge in [-0.15, -0.1) is 10.2 Å². The third kappa shape index (κ3) is 3.10. The molecule has 1 aromatic carbocycles. The molecular weight excluding hydrogens is 309 g/mol. The Bertz CT molecular complexity index is 772. The quantitative estimate of drug-likeness (QED) is 0.858. The number of nitrogens with zero attached hydrogens (tertiary/aromatic N) is 5. The molecule has 1 saturated carbocycles. The highest BCUT2D eigenvalue weighted by Gasteiger charge is 2.30. The van der Waals surface area contributed by atoms with Crippen molar-refractivity contribution in [3.63, 3.8) is 0 Å². The minimum Gasteiger partial charge on any atom is -0.424 e. The van der Waals surface area contributed by atoms with Crippen molar-refractivity contribution in [2.45, 2.75) is 25.3 Å². The van der Waals surface area contributed by atoms with Gasteiger partial charge in [-0.3, -0.25) is 4.90 Å². The van der Waals surface area contributed by atoms with Crippen LogP contribution in [0.4, 0.5) is 10.1 Å². The van der Waals surface area contributed by atoms with E-state index in [1.165, 1.54) is 6.07 Å². The summed E-state index contributed by atoms with van der Waals surface area (Å²) in [6, 6.07) is 6.59. The van der Waals surface area contributed by atoms with Gasteiger partial charge in [0.25, 0.3) is 0 Å². The maximum absolute atomic E-state index is 14.1. The summed E-state index contributed by atoms with van der Waals surface area (Å²) in [6.45, 7) is 3.71. The zero-order valence-corrected chi connectivity index (χ0v) is 13.3. The third-order valence-corrected chi connectivity index (χ3v) is 4.56. The summed E-state index contributed by atoms with van der Waals surface area (Å²) in [6.07, 6.45) is 2.30. The summed E-state index contributed by atoms with van der Waals surface area (Å²) in [5.74, 6) is 1.56. The lowest BCUT2D eigenvalue weighted by Gasteiger charge is -2.35. The normalized spacial score (nSPS) is 18.6. The number of benzene rings is 1. The van der Waals surface area contributed by atoms with E-state index in [-0.39, 0.29) is 5.82 Å². The molecule has 2 heterocycles. The molecule has 1 saturated heterocycles. The predicted molar refractivity (Wildman–Crippen MR) is 84.9 cm³/mol. The number of anilines is 1. The lowest BCUT2D eigenvalue weighted by Crippen LogP contribution is -2.46. The molecular formula is C17H18FN5O. The molecule has 0 amide bonds. The molecule has 2 fully saturated rings. The van der Waals surface area contributed by atoms with Crippen LogP contribution >= 0.6 is 0 Å². The average Bonchev–Trinajstić information content (AvgIpc) is 3.35. The standard InChI is InChI=1S/C17H18FN5O/c18-14-9-12(10-19)1-4-15(14)23-7-5-22(6-8-23)11-16-20-21-17(24-16)13-2-3-13/h1,4,9,13H,2-3,5-8,11H2. The van der Waals surface area contributed by atoms with Crippen molar-refractivity contribution < 1.29 is 8.81 Å². The SMILES string of the molecule is N#Cc1ccc(N2CCN(Cc3nnc(C4CC4)o3)CC2)c(F)c1. The molecule has 0 atom stereocenters. The number of hydrogen-bond donors (Lipinski definition) is 0. The fourth-order valence-electron chi connectivity index (χ4n) is 3.00. The number of aromatic nitrogens is 2. The highest BCUT2D eigenvalue weighted by Crippen LogP contribution is 2.39. The molecule has 124 valence electrons. The second-order valence-electron chi connectivity index (χ2n) is 6.35. The van der Waals surface area contributed by atoms with Crippen molar-refractivity contribution in [2.75, 3.05) is 31.1 Å². The second-order valence-corrected chi connectivity index (χ2v) is 6.35. The smallest absolute Gasteiger partial charge is 0.230 e. The van der Waals surface area contributed by atoms with Gasteiger partial charge in [0, 0.05) is 32.1 Å². The first-order valence-electron chi connectivity index (χ1n) is 8.22. The van der Waals surface area contributed by atoms with Gasteiger partial charge in [-0.2, -0.15) is 5.26 Å². The maximum atomic E-state index is 14.1. The van der Waals surface area contributed by atoms with Crippen molar-refractivity contribution in [3.05, 3.63) is 41.4 Å². The molecule has 1 aliphatic heterocycles. The second kappa shape index (κ2) is 6.21. The first kappa shape index (κ1) is 15.1. The summed E-state index contributed by atoms with van der Waals surface area (Å²) < 4.78 is 19.8. The summed E-state index contributed by atoms with van der Waals surface area (Å²) in [5, 5.41) is 17.0.